The van der Waals surface area contributed by atoms with Crippen LogP contribution in [-0.4, -0.2) is 22.8 Å². The van der Waals surface area contributed by atoms with E-state index in [1.54, 1.807) is 18.2 Å². The monoisotopic (exact) mass is 312 g/mol. The number of aromatic hydroxyl groups is 1. The minimum absolute atomic E-state index is 0.104. The fourth-order valence-corrected chi connectivity index (χ4v) is 2.07. The third-order valence-electron chi connectivity index (χ3n) is 3.37. The third-order valence-corrected chi connectivity index (χ3v) is 3.37. The third kappa shape index (κ3) is 4.88. The summed E-state index contributed by atoms with van der Waals surface area (Å²) >= 11 is 0. The molecule has 0 aliphatic rings. The Morgan fingerprint density at radius 2 is 1.74 bits per heavy atom. The zero-order chi connectivity index (χ0) is 16.7. The van der Waals surface area contributed by atoms with Crippen LogP contribution in [0, 0.1) is 0 Å². The summed E-state index contributed by atoms with van der Waals surface area (Å²) in [6.45, 7) is 2.79. The summed E-state index contributed by atoms with van der Waals surface area (Å²) in [5.41, 5.74) is 1.49. The zero-order valence-electron chi connectivity index (χ0n) is 13.0. The van der Waals surface area contributed by atoms with Gasteiger partial charge in [-0.2, -0.15) is 0 Å². The van der Waals surface area contributed by atoms with Crippen molar-refractivity contribution < 1.29 is 19.7 Å². The Labute approximate surface area is 135 Å². The molecule has 2 rings (SSSR count). The number of phenolic OH excluding ortho intramolecular Hbond substituents is 1. The lowest BCUT2D eigenvalue weighted by atomic mass is 10.0. The van der Waals surface area contributed by atoms with Crippen LogP contribution < -0.4 is 4.74 Å². The van der Waals surface area contributed by atoms with Crippen LogP contribution in [-0.2, 0) is 4.79 Å². The van der Waals surface area contributed by atoms with Gasteiger partial charge in [0.15, 0.2) is 0 Å². The predicted molar refractivity (Wildman–Crippen MR) is 90.5 cm³/mol. The molecule has 0 aromatic heterocycles. The number of aliphatic carboxylic acids is 1. The van der Waals surface area contributed by atoms with E-state index in [4.69, 9.17) is 4.74 Å². The molecule has 0 fully saturated rings. The number of phenols is 1. The van der Waals surface area contributed by atoms with Crippen molar-refractivity contribution in [1.29, 1.82) is 0 Å². The van der Waals surface area contributed by atoms with Crippen molar-refractivity contribution in [3.8, 4) is 11.5 Å². The van der Waals surface area contributed by atoms with E-state index in [9.17, 15) is 15.0 Å². The summed E-state index contributed by atoms with van der Waals surface area (Å²) in [6, 6.07) is 13.4. The summed E-state index contributed by atoms with van der Waals surface area (Å²) in [5, 5.41) is 18.7. The van der Waals surface area contributed by atoms with Gasteiger partial charge in [-0.05, 0) is 47.9 Å². The van der Waals surface area contributed by atoms with E-state index in [1.807, 2.05) is 24.3 Å². The first-order chi connectivity index (χ1) is 11.1. The average Bonchev–Trinajstić information content (AvgIpc) is 2.55. The van der Waals surface area contributed by atoms with E-state index in [-0.39, 0.29) is 11.3 Å². The molecule has 0 saturated heterocycles. The molecule has 0 heterocycles. The second kappa shape index (κ2) is 8.03. The van der Waals surface area contributed by atoms with Gasteiger partial charge in [-0.25, -0.2) is 4.79 Å². The van der Waals surface area contributed by atoms with Crippen molar-refractivity contribution in [2.45, 2.75) is 19.8 Å². The van der Waals surface area contributed by atoms with Gasteiger partial charge in [-0.1, -0.05) is 37.6 Å². The van der Waals surface area contributed by atoms with Gasteiger partial charge in [0.1, 0.15) is 11.5 Å². The summed E-state index contributed by atoms with van der Waals surface area (Å²) in [4.78, 5) is 11.5. The molecule has 4 nitrogen and oxygen atoms in total. The van der Waals surface area contributed by atoms with E-state index in [0.717, 1.165) is 24.2 Å². The molecule has 0 unspecified atom stereocenters. The largest absolute Gasteiger partial charge is 0.508 e. The van der Waals surface area contributed by atoms with Gasteiger partial charge in [-0.15, -0.1) is 0 Å². The van der Waals surface area contributed by atoms with Gasteiger partial charge in [-0.3, -0.25) is 0 Å². The van der Waals surface area contributed by atoms with Crippen LogP contribution in [0.25, 0.3) is 11.6 Å². The van der Waals surface area contributed by atoms with Crippen LogP contribution in [0.4, 0.5) is 0 Å². The van der Waals surface area contributed by atoms with Crippen molar-refractivity contribution in [3.63, 3.8) is 0 Å². The topological polar surface area (TPSA) is 66.8 Å². The van der Waals surface area contributed by atoms with Gasteiger partial charge < -0.3 is 14.9 Å². The molecular weight excluding hydrogens is 292 g/mol. The minimum Gasteiger partial charge on any atom is -0.508 e. The fourth-order valence-electron chi connectivity index (χ4n) is 2.07. The van der Waals surface area contributed by atoms with Crippen LogP contribution in [0.1, 0.15) is 30.9 Å². The molecule has 0 aliphatic heterocycles. The molecule has 2 aromatic carbocycles. The average molecular weight is 312 g/mol. The highest BCUT2D eigenvalue weighted by molar-refractivity contribution is 6.20. The minimum atomic E-state index is -1.01. The predicted octanol–water partition coefficient (Wildman–Crippen LogP) is 4.20. The lowest BCUT2D eigenvalue weighted by Crippen LogP contribution is -1.99. The molecular formula is C19H20O4. The zero-order valence-corrected chi connectivity index (χ0v) is 13.0. The lowest BCUT2D eigenvalue weighted by Gasteiger charge is -2.06. The van der Waals surface area contributed by atoms with E-state index < -0.39 is 5.97 Å². The quantitative estimate of drug-likeness (QED) is 0.457. The number of hydrogen-bond acceptors (Lipinski definition) is 3. The number of ether oxygens (including phenoxy) is 1. The Hall–Kier alpha value is -2.75. The van der Waals surface area contributed by atoms with E-state index in [0.29, 0.717) is 12.2 Å². The van der Waals surface area contributed by atoms with E-state index in [2.05, 4.69) is 6.92 Å². The van der Waals surface area contributed by atoms with Crippen LogP contribution in [0.2, 0.25) is 0 Å². The van der Waals surface area contributed by atoms with Crippen molar-refractivity contribution in [2.24, 2.45) is 0 Å². The van der Waals surface area contributed by atoms with Crippen LogP contribution in [0.3, 0.4) is 0 Å². The standard InChI is InChI=1S/C19H20O4/c1-2-3-12-23-17-10-4-14(5-11-17)13-18(19(21)22)15-6-8-16(20)9-7-15/h4-11,13,20H,2-3,12H2,1H3,(H,21,22)/b18-13-. The van der Waals surface area contributed by atoms with Crippen LogP contribution >= 0.6 is 0 Å². The molecule has 0 amide bonds. The van der Waals surface area contributed by atoms with Crippen molar-refractivity contribution >= 4 is 17.6 Å². The second-order valence-corrected chi connectivity index (χ2v) is 5.18. The van der Waals surface area contributed by atoms with E-state index >= 15 is 0 Å². The maximum absolute atomic E-state index is 11.5. The molecule has 0 aliphatic carbocycles. The Balaban J connectivity index is 2.19. The highest BCUT2D eigenvalue weighted by Crippen LogP contribution is 2.22. The maximum Gasteiger partial charge on any atom is 0.336 e. The van der Waals surface area contributed by atoms with Gasteiger partial charge in [0.2, 0.25) is 0 Å². The van der Waals surface area contributed by atoms with Gasteiger partial charge in [0.05, 0.1) is 12.2 Å². The SMILES string of the molecule is CCCCOc1ccc(/C=C(\C(=O)O)c2ccc(O)cc2)cc1. The second-order valence-electron chi connectivity index (χ2n) is 5.18. The number of benzene rings is 2. The molecule has 0 atom stereocenters. The summed E-state index contributed by atoms with van der Waals surface area (Å²) < 4.78 is 5.59. The summed E-state index contributed by atoms with van der Waals surface area (Å²) in [7, 11) is 0. The van der Waals surface area contributed by atoms with Crippen molar-refractivity contribution in [2.75, 3.05) is 6.61 Å². The molecule has 0 spiro atoms. The Morgan fingerprint density at radius 3 is 2.30 bits per heavy atom. The van der Waals surface area contributed by atoms with Crippen LogP contribution in [0.5, 0.6) is 11.5 Å². The fraction of sp³-hybridized carbons (Fsp3) is 0.211. The van der Waals surface area contributed by atoms with Crippen LogP contribution in [0.15, 0.2) is 48.5 Å². The smallest absolute Gasteiger partial charge is 0.336 e. The number of unbranched alkanes of at least 4 members (excludes halogenated alkanes) is 1. The van der Waals surface area contributed by atoms with Crippen molar-refractivity contribution in [3.05, 3.63) is 59.7 Å². The molecule has 0 saturated carbocycles. The Morgan fingerprint density at radius 1 is 1.09 bits per heavy atom. The van der Waals surface area contributed by atoms with E-state index in [1.165, 1.54) is 12.1 Å². The summed E-state index contributed by atoms with van der Waals surface area (Å²) in [5.74, 6) is -0.136. The molecule has 120 valence electrons. The Bertz CT molecular complexity index is 670. The molecule has 0 radical (unpaired) electrons. The van der Waals surface area contributed by atoms with Gasteiger partial charge in [0, 0.05) is 0 Å². The van der Waals surface area contributed by atoms with Gasteiger partial charge >= 0.3 is 5.97 Å². The first kappa shape index (κ1) is 16.6. The molecule has 2 N–H and O–H groups in total. The highest BCUT2D eigenvalue weighted by Gasteiger charge is 2.10. The molecule has 23 heavy (non-hydrogen) atoms. The number of carboxylic acid groups (broad SMARTS) is 1. The number of carbonyl (C=O) groups is 1. The number of carboxylic acids is 1. The number of hydrogen-bond donors (Lipinski definition) is 2. The van der Waals surface area contributed by atoms with Crippen molar-refractivity contribution in [1.82, 2.24) is 0 Å². The van der Waals surface area contributed by atoms with Gasteiger partial charge in [0.25, 0.3) is 0 Å². The lowest BCUT2D eigenvalue weighted by molar-refractivity contribution is -0.130. The summed E-state index contributed by atoms with van der Waals surface area (Å²) in [6.07, 6.45) is 3.69. The molecule has 2 aromatic rings. The Kier molecular flexibility index (Phi) is 5.80. The first-order valence-corrected chi connectivity index (χ1v) is 7.57. The maximum atomic E-state index is 11.5. The molecule has 4 heteroatoms. The molecule has 0 bridgehead atoms. The number of rotatable bonds is 7. The highest BCUT2D eigenvalue weighted by atomic mass is 16.5. The normalized spacial score (nSPS) is 11.3. The first-order valence-electron chi connectivity index (χ1n) is 7.57.